The maximum absolute atomic E-state index is 11.9. The van der Waals surface area contributed by atoms with Crippen LogP contribution in [0.5, 0.6) is 0 Å². The zero-order chi connectivity index (χ0) is 14.0. The molecule has 0 unspecified atom stereocenters. The van der Waals surface area contributed by atoms with Crippen molar-refractivity contribution in [3.63, 3.8) is 0 Å². The second-order valence-electron chi connectivity index (χ2n) is 4.71. The highest BCUT2D eigenvalue weighted by molar-refractivity contribution is 5.99. The molecular weight excluding hydrogens is 240 g/mol. The molecule has 0 atom stereocenters. The van der Waals surface area contributed by atoms with Crippen LogP contribution in [0.15, 0.2) is 41.2 Å². The molecule has 98 valence electrons. The van der Waals surface area contributed by atoms with Gasteiger partial charge in [0.05, 0.1) is 11.6 Å². The minimum atomic E-state index is -0.250. The van der Waals surface area contributed by atoms with Gasteiger partial charge in [0.15, 0.2) is 5.78 Å². The monoisotopic (exact) mass is 256 g/mol. The van der Waals surface area contributed by atoms with E-state index >= 15 is 0 Å². The van der Waals surface area contributed by atoms with E-state index in [1.165, 1.54) is 17.7 Å². The number of benzene rings is 1. The molecular formula is C15H16N2O2. The normalized spacial score (nSPS) is 10.7. The maximum atomic E-state index is 11.9. The summed E-state index contributed by atoms with van der Waals surface area (Å²) in [6, 6.07) is 10.7. The van der Waals surface area contributed by atoms with E-state index in [1.54, 1.807) is 0 Å². The summed E-state index contributed by atoms with van der Waals surface area (Å²) >= 11 is 0. The van der Waals surface area contributed by atoms with Gasteiger partial charge in [-0.25, -0.2) is 4.68 Å². The molecule has 1 aromatic heterocycles. The third-order valence-electron chi connectivity index (χ3n) is 2.87. The van der Waals surface area contributed by atoms with E-state index in [4.69, 9.17) is 0 Å². The summed E-state index contributed by atoms with van der Waals surface area (Å²) in [6.07, 6.45) is 0. The predicted molar refractivity (Wildman–Crippen MR) is 74.3 cm³/mol. The lowest BCUT2D eigenvalue weighted by atomic mass is 10.0. The number of ketones is 1. The van der Waals surface area contributed by atoms with Gasteiger partial charge in [0, 0.05) is 11.6 Å². The Balaban J connectivity index is 2.73. The van der Waals surface area contributed by atoms with Crippen molar-refractivity contribution in [2.24, 2.45) is 0 Å². The van der Waals surface area contributed by atoms with Crippen molar-refractivity contribution in [3.05, 3.63) is 52.3 Å². The smallest absolute Gasteiger partial charge is 0.267 e. The summed E-state index contributed by atoms with van der Waals surface area (Å²) in [5.41, 5.74) is 1.51. The summed E-state index contributed by atoms with van der Waals surface area (Å²) in [5, 5.41) is 4.35. The van der Waals surface area contributed by atoms with Gasteiger partial charge in [-0.15, -0.1) is 0 Å². The number of aromatic nitrogens is 2. The molecule has 0 amide bonds. The molecule has 0 saturated carbocycles. The van der Waals surface area contributed by atoms with Gasteiger partial charge in [-0.3, -0.25) is 9.59 Å². The quantitative estimate of drug-likeness (QED) is 0.793. The van der Waals surface area contributed by atoms with Gasteiger partial charge in [-0.1, -0.05) is 30.3 Å². The molecule has 0 aliphatic carbocycles. The lowest BCUT2D eigenvalue weighted by Crippen LogP contribution is -2.26. The fourth-order valence-corrected chi connectivity index (χ4v) is 1.92. The maximum Gasteiger partial charge on any atom is 0.267 e. The highest BCUT2D eigenvalue weighted by Gasteiger charge is 2.15. The average molecular weight is 256 g/mol. The third kappa shape index (κ3) is 2.62. The first-order chi connectivity index (χ1) is 9.00. The van der Waals surface area contributed by atoms with Crippen molar-refractivity contribution < 1.29 is 4.79 Å². The van der Waals surface area contributed by atoms with E-state index in [1.807, 2.05) is 44.2 Å². The highest BCUT2D eigenvalue weighted by atomic mass is 16.1. The molecule has 2 rings (SSSR count). The van der Waals surface area contributed by atoms with Crippen LogP contribution in [0.4, 0.5) is 0 Å². The molecule has 1 heterocycles. The molecule has 0 fully saturated rings. The van der Waals surface area contributed by atoms with Crippen LogP contribution in [0, 0.1) is 0 Å². The molecule has 0 N–H and O–H groups in total. The van der Waals surface area contributed by atoms with E-state index < -0.39 is 0 Å². The van der Waals surface area contributed by atoms with Crippen LogP contribution >= 0.6 is 0 Å². The van der Waals surface area contributed by atoms with Gasteiger partial charge in [0.25, 0.3) is 5.56 Å². The minimum absolute atomic E-state index is 0.0454. The van der Waals surface area contributed by atoms with Gasteiger partial charge >= 0.3 is 0 Å². The van der Waals surface area contributed by atoms with E-state index in [-0.39, 0.29) is 17.4 Å². The number of rotatable bonds is 3. The first kappa shape index (κ1) is 13.2. The highest BCUT2D eigenvalue weighted by Crippen LogP contribution is 2.20. The Hall–Kier alpha value is -2.23. The number of hydrogen-bond acceptors (Lipinski definition) is 3. The second-order valence-corrected chi connectivity index (χ2v) is 4.71. The molecule has 2 aromatic rings. The van der Waals surface area contributed by atoms with Crippen molar-refractivity contribution in [3.8, 4) is 11.3 Å². The first-order valence-corrected chi connectivity index (χ1v) is 6.21. The molecule has 0 aliphatic rings. The summed E-state index contributed by atoms with van der Waals surface area (Å²) in [5.74, 6) is -0.153. The van der Waals surface area contributed by atoms with Crippen LogP contribution in [0.1, 0.15) is 37.2 Å². The van der Waals surface area contributed by atoms with Crippen LogP contribution in [-0.4, -0.2) is 15.6 Å². The first-order valence-electron chi connectivity index (χ1n) is 6.21. The molecule has 1 aromatic carbocycles. The SMILES string of the molecule is CC(=O)c1cc(=O)n(C(C)C)nc1-c1ccccc1. The zero-order valence-electron chi connectivity index (χ0n) is 11.3. The molecule has 0 bridgehead atoms. The minimum Gasteiger partial charge on any atom is -0.294 e. The van der Waals surface area contributed by atoms with E-state index in [2.05, 4.69) is 5.10 Å². The largest absolute Gasteiger partial charge is 0.294 e. The van der Waals surface area contributed by atoms with E-state index in [9.17, 15) is 9.59 Å². The van der Waals surface area contributed by atoms with Crippen LogP contribution < -0.4 is 5.56 Å². The topological polar surface area (TPSA) is 52.0 Å². The van der Waals surface area contributed by atoms with Crippen molar-refractivity contribution in [2.45, 2.75) is 26.8 Å². The average Bonchev–Trinajstić information content (AvgIpc) is 2.38. The molecule has 19 heavy (non-hydrogen) atoms. The molecule has 4 nitrogen and oxygen atoms in total. The second kappa shape index (κ2) is 5.18. The zero-order valence-corrected chi connectivity index (χ0v) is 11.3. The van der Waals surface area contributed by atoms with Gasteiger partial charge < -0.3 is 0 Å². The fourth-order valence-electron chi connectivity index (χ4n) is 1.92. The lowest BCUT2D eigenvalue weighted by Gasteiger charge is -2.12. The molecule has 0 saturated heterocycles. The Labute approximate surface area is 111 Å². The van der Waals surface area contributed by atoms with Gasteiger partial charge in [0.2, 0.25) is 0 Å². The predicted octanol–water partition coefficient (Wildman–Crippen LogP) is 2.69. The number of carbonyl (C=O) groups is 1. The van der Waals surface area contributed by atoms with Crippen LogP contribution in [0.2, 0.25) is 0 Å². The van der Waals surface area contributed by atoms with Crippen LogP contribution in [0.25, 0.3) is 11.3 Å². The third-order valence-corrected chi connectivity index (χ3v) is 2.87. The molecule has 0 aliphatic heterocycles. The van der Waals surface area contributed by atoms with Crippen molar-refractivity contribution in [2.75, 3.05) is 0 Å². The van der Waals surface area contributed by atoms with Crippen molar-refractivity contribution in [1.29, 1.82) is 0 Å². The molecule has 0 radical (unpaired) electrons. The van der Waals surface area contributed by atoms with Crippen LogP contribution in [-0.2, 0) is 0 Å². The Bertz CT molecular complexity index is 658. The lowest BCUT2D eigenvalue weighted by molar-refractivity contribution is 0.101. The number of Topliss-reactive ketones (excluding diaryl/α,β-unsaturated/α-hetero) is 1. The summed E-state index contributed by atoms with van der Waals surface area (Å²) in [4.78, 5) is 23.6. The number of carbonyl (C=O) groups excluding carboxylic acids is 1. The summed E-state index contributed by atoms with van der Waals surface area (Å²) in [6.45, 7) is 5.22. The van der Waals surface area contributed by atoms with Gasteiger partial charge in [-0.2, -0.15) is 5.10 Å². The van der Waals surface area contributed by atoms with Crippen molar-refractivity contribution in [1.82, 2.24) is 9.78 Å². The van der Waals surface area contributed by atoms with E-state index in [0.29, 0.717) is 11.3 Å². The summed E-state index contributed by atoms with van der Waals surface area (Å²) < 4.78 is 1.40. The summed E-state index contributed by atoms with van der Waals surface area (Å²) in [7, 11) is 0. The Morgan fingerprint density at radius 1 is 1.21 bits per heavy atom. The van der Waals surface area contributed by atoms with Gasteiger partial charge in [0.1, 0.15) is 5.69 Å². The van der Waals surface area contributed by atoms with Crippen LogP contribution in [0.3, 0.4) is 0 Å². The Morgan fingerprint density at radius 2 is 1.84 bits per heavy atom. The number of hydrogen-bond donors (Lipinski definition) is 0. The Kier molecular flexibility index (Phi) is 3.60. The van der Waals surface area contributed by atoms with Gasteiger partial charge in [-0.05, 0) is 20.8 Å². The fraction of sp³-hybridized carbons (Fsp3) is 0.267. The Morgan fingerprint density at radius 3 is 2.37 bits per heavy atom. The van der Waals surface area contributed by atoms with Crippen molar-refractivity contribution >= 4 is 5.78 Å². The van der Waals surface area contributed by atoms with E-state index in [0.717, 1.165) is 5.56 Å². The molecule has 4 heteroatoms. The number of nitrogens with zero attached hydrogens (tertiary/aromatic N) is 2. The molecule has 0 spiro atoms. The standard InChI is InChI=1S/C15H16N2O2/c1-10(2)17-14(19)9-13(11(3)18)15(16-17)12-7-5-4-6-8-12/h4-10H,1-3H3.